The largest absolute Gasteiger partial charge is 0.494 e. The van der Waals surface area contributed by atoms with Crippen LogP contribution < -0.4 is 19.1 Å². The molecular weight excluding hydrogens is 476 g/mol. The molecule has 3 aromatic rings. The number of hydrogen-bond donors (Lipinski definition) is 1. The third-order valence-corrected chi connectivity index (χ3v) is 7.52. The van der Waals surface area contributed by atoms with Crippen LogP contribution in [0.1, 0.15) is 25.5 Å². The van der Waals surface area contributed by atoms with Crippen molar-refractivity contribution >= 4 is 33.2 Å². The molecule has 0 saturated carbocycles. The highest BCUT2D eigenvalue weighted by atomic mass is 35.5. The fourth-order valence-corrected chi connectivity index (χ4v) is 5.31. The highest BCUT2D eigenvalue weighted by Crippen LogP contribution is 2.37. The van der Waals surface area contributed by atoms with Gasteiger partial charge in [-0.25, -0.2) is 8.42 Å². The van der Waals surface area contributed by atoms with Gasteiger partial charge in [0.25, 0.3) is 15.9 Å². The monoisotopic (exact) mass is 500 g/mol. The van der Waals surface area contributed by atoms with E-state index in [1.807, 2.05) is 38.1 Å². The zero-order chi connectivity index (χ0) is 24.3. The Morgan fingerprint density at radius 1 is 1.12 bits per heavy atom. The fraction of sp³-hybridized carbons (Fsp3) is 0.240. The Morgan fingerprint density at radius 2 is 1.79 bits per heavy atom. The van der Waals surface area contributed by atoms with Crippen LogP contribution in [0.15, 0.2) is 77.7 Å². The van der Waals surface area contributed by atoms with Gasteiger partial charge in [-0.1, -0.05) is 35.9 Å². The number of carbonyl (C=O) groups excluding carboxylic acids is 1. The molecule has 1 aliphatic rings. The second kappa shape index (κ2) is 9.95. The van der Waals surface area contributed by atoms with E-state index in [0.717, 1.165) is 11.3 Å². The molecule has 1 aliphatic heterocycles. The number of fused-ring (bicyclic) bond motifs is 1. The molecule has 2 atom stereocenters. The van der Waals surface area contributed by atoms with E-state index in [0.29, 0.717) is 23.1 Å². The highest BCUT2D eigenvalue weighted by molar-refractivity contribution is 7.92. The Labute approximate surface area is 204 Å². The van der Waals surface area contributed by atoms with Crippen molar-refractivity contribution in [3.63, 3.8) is 0 Å². The molecule has 34 heavy (non-hydrogen) atoms. The van der Waals surface area contributed by atoms with Gasteiger partial charge in [0, 0.05) is 5.02 Å². The zero-order valence-electron chi connectivity index (χ0n) is 18.8. The molecular formula is C25H25ClN2O5S. The van der Waals surface area contributed by atoms with E-state index in [9.17, 15) is 13.2 Å². The van der Waals surface area contributed by atoms with E-state index < -0.39 is 22.0 Å². The first-order valence-electron chi connectivity index (χ1n) is 10.9. The maximum absolute atomic E-state index is 13.4. The minimum atomic E-state index is -3.95. The summed E-state index contributed by atoms with van der Waals surface area (Å²) in [7, 11) is -3.95. The second-order valence-corrected chi connectivity index (χ2v) is 10.1. The number of halogens is 1. The average molecular weight is 501 g/mol. The smallest absolute Gasteiger partial charge is 0.264 e. The quantitative estimate of drug-likeness (QED) is 0.513. The van der Waals surface area contributed by atoms with Crippen LogP contribution in [0.2, 0.25) is 5.02 Å². The molecule has 9 heteroatoms. The Hall–Kier alpha value is -3.23. The molecule has 3 aromatic carbocycles. The molecule has 0 aromatic heterocycles. The summed E-state index contributed by atoms with van der Waals surface area (Å²) in [5, 5.41) is 3.36. The molecule has 4 rings (SSSR count). The van der Waals surface area contributed by atoms with E-state index >= 15 is 0 Å². The van der Waals surface area contributed by atoms with Gasteiger partial charge in [-0.2, -0.15) is 0 Å². The minimum absolute atomic E-state index is 0.0792. The summed E-state index contributed by atoms with van der Waals surface area (Å²) in [6.45, 7) is 4.17. The van der Waals surface area contributed by atoms with Gasteiger partial charge in [0.1, 0.15) is 11.5 Å². The van der Waals surface area contributed by atoms with Crippen molar-refractivity contribution in [2.24, 2.45) is 0 Å². The Morgan fingerprint density at radius 3 is 2.47 bits per heavy atom. The summed E-state index contributed by atoms with van der Waals surface area (Å²) < 4.78 is 39.5. The molecule has 0 aliphatic carbocycles. The zero-order valence-corrected chi connectivity index (χ0v) is 20.3. The van der Waals surface area contributed by atoms with Gasteiger partial charge >= 0.3 is 0 Å². The number of sulfonamides is 1. The van der Waals surface area contributed by atoms with Crippen molar-refractivity contribution in [3.8, 4) is 11.5 Å². The number of nitrogens with one attached hydrogen (secondary N) is 1. The highest BCUT2D eigenvalue weighted by Gasteiger charge is 2.37. The number of nitrogens with zero attached hydrogens (tertiary/aromatic N) is 1. The number of amides is 1. The van der Waals surface area contributed by atoms with Crippen LogP contribution in [-0.2, 0) is 14.8 Å². The summed E-state index contributed by atoms with van der Waals surface area (Å²) in [6, 6.07) is 19.8. The van der Waals surface area contributed by atoms with Crippen LogP contribution in [0.25, 0.3) is 0 Å². The molecule has 1 N–H and O–H groups in total. The predicted molar refractivity (Wildman–Crippen MR) is 131 cm³/mol. The fourth-order valence-electron chi connectivity index (χ4n) is 3.71. The number of anilines is 1. The van der Waals surface area contributed by atoms with E-state index in [1.54, 1.807) is 24.3 Å². The number of ether oxygens (including phenoxy) is 2. The number of hydrogen-bond acceptors (Lipinski definition) is 5. The second-order valence-electron chi connectivity index (χ2n) is 7.80. The van der Waals surface area contributed by atoms with Crippen molar-refractivity contribution in [1.82, 2.24) is 5.32 Å². The normalized spacial score (nSPS) is 16.2. The summed E-state index contributed by atoms with van der Waals surface area (Å²) >= 11 is 5.93. The van der Waals surface area contributed by atoms with Gasteiger partial charge in [0.05, 0.1) is 29.8 Å². The number of rotatable bonds is 7. The van der Waals surface area contributed by atoms with E-state index in [-0.39, 0.29) is 17.5 Å². The first-order chi connectivity index (χ1) is 16.3. The molecule has 0 fully saturated rings. The Kier molecular flexibility index (Phi) is 7.00. The topological polar surface area (TPSA) is 84.9 Å². The first kappa shape index (κ1) is 23.9. The van der Waals surface area contributed by atoms with Crippen molar-refractivity contribution in [2.45, 2.75) is 30.9 Å². The predicted octanol–water partition coefficient (Wildman–Crippen LogP) is 4.57. The molecule has 1 amide bonds. The first-order valence-corrected chi connectivity index (χ1v) is 12.7. The molecule has 0 unspecified atom stereocenters. The SMILES string of the molecule is CCOc1ccc([C@@H](C)NC(=O)[C@@H]2CN(S(=O)(=O)c3ccc(Cl)cc3)c3ccccc3O2)cc1. The lowest BCUT2D eigenvalue weighted by molar-refractivity contribution is -0.128. The third-order valence-electron chi connectivity index (χ3n) is 5.48. The van der Waals surface area contributed by atoms with E-state index in [4.69, 9.17) is 21.1 Å². The molecule has 0 bridgehead atoms. The minimum Gasteiger partial charge on any atom is -0.494 e. The van der Waals surface area contributed by atoms with Crippen LogP contribution in [0, 0.1) is 0 Å². The van der Waals surface area contributed by atoms with Crippen molar-refractivity contribution < 1.29 is 22.7 Å². The lowest BCUT2D eigenvalue weighted by Gasteiger charge is -2.35. The van der Waals surface area contributed by atoms with Crippen LogP contribution in [0.3, 0.4) is 0 Å². The van der Waals surface area contributed by atoms with Gasteiger partial charge in [0.15, 0.2) is 6.10 Å². The van der Waals surface area contributed by atoms with Crippen LogP contribution in [0.5, 0.6) is 11.5 Å². The number of benzene rings is 3. The van der Waals surface area contributed by atoms with E-state index in [2.05, 4.69) is 5.32 Å². The summed E-state index contributed by atoms with van der Waals surface area (Å²) in [5.41, 5.74) is 1.26. The van der Waals surface area contributed by atoms with Gasteiger partial charge in [-0.3, -0.25) is 9.10 Å². The number of para-hydroxylation sites is 2. The molecule has 0 saturated heterocycles. The third kappa shape index (κ3) is 4.98. The molecule has 0 radical (unpaired) electrons. The van der Waals surface area contributed by atoms with E-state index in [1.165, 1.54) is 28.6 Å². The van der Waals surface area contributed by atoms with Crippen LogP contribution >= 0.6 is 11.6 Å². The van der Waals surface area contributed by atoms with Gasteiger partial charge in [0.2, 0.25) is 0 Å². The average Bonchev–Trinajstić information content (AvgIpc) is 2.84. The number of carbonyl (C=O) groups is 1. The van der Waals surface area contributed by atoms with Gasteiger partial charge < -0.3 is 14.8 Å². The Balaban J connectivity index is 1.56. The maximum atomic E-state index is 13.4. The standard InChI is InChI=1S/C25H25ClN2O5S/c1-3-32-20-12-8-18(9-13-20)17(2)27-25(29)24-16-28(22-6-4-5-7-23(22)33-24)34(30,31)21-14-10-19(26)11-15-21/h4-15,17,24H,3,16H2,1-2H3,(H,27,29)/t17-,24+/m1/s1. The lowest BCUT2D eigenvalue weighted by atomic mass is 10.1. The summed E-state index contributed by atoms with van der Waals surface area (Å²) in [4.78, 5) is 13.2. The summed E-state index contributed by atoms with van der Waals surface area (Å²) in [5.74, 6) is 0.660. The molecule has 1 heterocycles. The van der Waals surface area contributed by atoms with Crippen LogP contribution in [0.4, 0.5) is 5.69 Å². The molecule has 0 spiro atoms. The molecule has 7 nitrogen and oxygen atoms in total. The van der Waals surface area contributed by atoms with Crippen molar-refractivity contribution in [2.75, 3.05) is 17.5 Å². The molecule has 178 valence electrons. The van der Waals surface area contributed by atoms with Crippen molar-refractivity contribution in [1.29, 1.82) is 0 Å². The van der Waals surface area contributed by atoms with Crippen molar-refractivity contribution in [3.05, 3.63) is 83.4 Å². The summed E-state index contributed by atoms with van der Waals surface area (Å²) in [6.07, 6.45) is -1.03. The van der Waals surface area contributed by atoms with Gasteiger partial charge in [-0.05, 0) is 67.9 Å². The Bertz CT molecular complexity index is 1260. The maximum Gasteiger partial charge on any atom is 0.264 e. The van der Waals surface area contributed by atoms with Crippen LogP contribution in [-0.4, -0.2) is 33.6 Å². The van der Waals surface area contributed by atoms with Gasteiger partial charge in [-0.15, -0.1) is 0 Å². The lowest BCUT2D eigenvalue weighted by Crippen LogP contribution is -2.51.